The van der Waals surface area contributed by atoms with Crippen LogP contribution in [0.2, 0.25) is 0 Å². The van der Waals surface area contributed by atoms with Crippen molar-refractivity contribution < 1.29 is 14.7 Å². The summed E-state index contributed by atoms with van der Waals surface area (Å²) in [5.74, 6) is -0.455. The molecule has 0 spiro atoms. The maximum atomic E-state index is 12.5. The summed E-state index contributed by atoms with van der Waals surface area (Å²) in [6.07, 6.45) is 2.75. The van der Waals surface area contributed by atoms with Gasteiger partial charge in [0.1, 0.15) is 0 Å². The molecule has 1 unspecified atom stereocenters. The van der Waals surface area contributed by atoms with E-state index in [4.69, 9.17) is 5.11 Å². The van der Waals surface area contributed by atoms with Gasteiger partial charge in [0.05, 0.1) is 6.42 Å². The van der Waals surface area contributed by atoms with Gasteiger partial charge in [-0.25, -0.2) is 4.79 Å². The van der Waals surface area contributed by atoms with Gasteiger partial charge in [-0.05, 0) is 30.6 Å². The Hall–Kier alpha value is -1.26. The Morgan fingerprint density at radius 1 is 1.29 bits per heavy atom. The van der Waals surface area contributed by atoms with Crippen molar-refractivity contribution >= 4 is 12.0 Å². The summed E-state index contributed by atoms with van der Waals surface area (Å²) in [6.45, 7) is 11.1. The molecule has 0 aliphatic heterocycles. The summed E-state index contributed by atoms with van der Waals surface area (Å²) in [5, 5.41) is 12.0. The molecule has 0 radical (unpaired) electrons. The van der Waals surface area contributed by atoms with Crippen LogP contribution in [0.15, 0.2) is 0 Å². The second kappa shape index (κ2) is 7.14. The van der Waals surface area contributed by atoms with Crippen LogP contribution in [0.5, 0.6) is 0 Å². The van der Waals surface area contributed by atoms with Gasteiger partial charge in [0.25, 0.3) is 0 Å². The summed E-state index contributed by atoms with van der Waals surface area (Å²) in [5.41, 5.74) is -0.0180. The Morgan fingerprint density at radius 3 is 2.24 bits per heavy atom. The van der Waals surface area contributed by atoms with E-state index in [0.29, 0.717) is 18.4 Å². The number of carbonyl (C=O) groups is 2. The molecule has 2 amide bonds. The number of aliphatic carboxylic acids is 1. The maximum Gasteiger partial charge on any atom is 0.317 e. The fourth-order valence-electron chi connectivity index (χ4n) is 2.56. The number of carboxylic acids is 1. The Balaban J connectivity index is 2.66. The normalized spacial score (nSPS) is 16.7. The van der Waals surface area contributed by atoms with Crippen LogP contribution in [0.4, 0.5) is 4.79 Å². The highest BCUT2D eigenvalue weighted by molar-refractivity contribution is 5.76. The number of carboxylic acid groups (broad SMARTS) is 1. The molecule has 5 heteroatoms. The average molecular weight is 298 g/mol. The van der Waals surface area contributed by atoms with Crippen molar-refractivity contribution in [1.82, 2.24) is 10.2 Å². The highest BCUT2D eigenvalue weighted by atomic mass is 16.4. The highest BCUT2D eigenvalue weighted by Gasteiger charge is 2.34. The van der Waals surface area contributed by atoms with Crippen molar-refractivity contribution in [3.8, 4) is 0 Å². The van der Waals surface area contributed by atoms with Gasteiger partial charge in [-0.1, -0.05) is 34.6 Å². The van der Waals surface area contributed by atoms with E-state index in [9.17, 15) is 9.59 Å². The first-order chi connectivity index (χ1) is 9.58. The van der Waals surface area contributed by atoms with E-state index >= 15 is 0 Å². The predicted molar refractivity (Wildman–Crippen MR) is 83.2 cm³/mol. The van der Waals surface area contributed by atoms with Crippen molar-refractivity contribution in [3.63, 3.8) is 0 Å². The third-order valence-corrected chi connectivity index (χ3v) is 3.42. The van der Waals surface area contributed by atoms with Crippen molar-refractivity contribution in [2.75, 3.05) is 6.54 Å². The van der Waals surface area contributed by atoms with Crippen molar-refractivity contribution in [3.05, 3.63) is 0 Å². The molecular weight excluding hydrogens is 268 g/mol. The molecule has 1 fully saturated rings. The second-order valence-electron chi connectivity index (χ2n) is 7.79. The summed E-state index contributed by atoms with van der Waals surface area (Å²) in [6, 6.07) is -0.0855. The quantitative estimate of drug-likeness (QED) is 0.759. The third kappa shape index (κ3) is 7.34. The van der Waals surface area contributed by atoms with Crippen molar-refractivity contribution in [2.45, 2.75) is 72.4 Å². The summed E-state index contributed by atoms with van der Waals surface area (Å²) in [4.78, 5) is 25.3. The summed E-state index contributed by atoms with van der Waals surface area (Å²) in [7, 11) is 0. The minimum absolute atomic E-state index is 0.0180. The topological polar surface area (TPSA) is 69.6 Å². The van der Waals surface area contributed by atoms with E-state index in [0.717, 1.165) is 19.4 Å². The van der Waals surface area contributed by atoms with Gasteiger partial charge in [0.15, 0.2) is 0 Å². The van der Waals surface area contributed by atoms with E-state index < -0.39 is 5.97 Å². The molecule has 2 N–H and O–H groups in total. The molecule has 1 aliphatic carbocycles. The third-order valence-electron chi connectivity index (χ3n) is 3.42. The Morgan fingerprint density at radius 2 is 1.86 bits per heavy atom. The monoisotopic (exact) mass is 298 g/mol. The highest BCUT2D eigenvalue weighted by Crippen LogP contribution is 2.28. The van der Waals surface area contributed by atoms with Gasteiger partial charge in [0, 0.05) is 18.6 Å². The fourth-order valence-corrected chi connectivity index (χ4v) is 2.56. The molecule has 1 aliphatic rings. The van der Waals surface area contributed by atoms with E-state index in [1.165, 1.54) is 0 Å². The number of hydrogen-bond acceptors (Lipinski definition) is 2. The van der Waals surface area contributed by atoms with Crippen LogP contribution >= 0.6 is 0 Å². The van der Waals surface area contributed by atoms with E-state index in [1.54, 1.807) is 0 Å². The first-order valence-corrected chi connectivity index (χ1v) is 7.87. The van der Waals surface area contributed by atoms with Gasteiger partial charge in [-0.2, -0.15) is 0 Å². The zero-order chi connectivity index (χ0) is 16.2. The Labute approximate surface area is 128 Å². The molecule has 0 aromatic carbocycles. The number of rotatable bonds is 7. The molecule has 0 heterocycles. The Kier molecular flexibility index (Phi) is 6.05. The molecule has 0 saturated heterocycles. The van der Waals surface area contributed by atoms with Crippen molar-refractivity contribution in [1.29, 1.82) is 0 Å². The molecule has 1 saturated carbocycles. The number of nitrogens with one attached hydrogen (secondary N) is 1. The van der Waals surface area contributed by atoms with Crippen LogP contribution in [-0.2, 0) is 4.79 Å². The van der Waals surface area contributed by atoms with Gasteiger partial charge < -0.3 is 15.3 Å². The molecule has 122 valence electrons. The van der Waals surface area contributed by atoms with Crippen LogP contribution in [0.1, 0.15) is 60.3 Å². The number of urea groups is 1. The van der Waals surface area contributed by atoms with Crippen LogP contribution in [0.25, 0.3) is 0 Å². The van der Waals surface area contributed by atoms with Gasteiger partial charge in [0.2, 0.25) is 0 Å². The Bertz CT molecular complexity index is 370. The van der Waals surface area contributed by atoms with Gasteiger partial charge >= 0.3 is 12.0 Å². The van der Waals surface area contributed by atoms with E-state index in [2.05, 4.69) is 39.9 Å². The smallest absolute Gasteiger partial charge is 0.317 e. The van der Waals surface area contributed by atoms with Crippen LogP contribution < -0.4 is 5.32 Å². The average Bonchev–Trinajstić information content (AvgIpc) is 3.05. The van der Waals surface area contributed by atoms with Crippen LogP contribution in [0, 0.1) is 11.3 Å². The standard InChI is InChI=1S/C16H30N2O3/c1-11(2)10-18(13-6-7-13)15(21)17-12(8-14(19)20)9-16(3,4)5/h11-13H,6-10H2,1-5H3,(H,17,21)(H,19,20). The van der Waals surface area contributed by atoms with Gasteiger partial charge in [-0.15, -0.1) is 0 Å². The lowest BCUT2D eigenvalue weighted by Gasteiger charge is -2.30. The lowest BCUT2D eigenvalue weighted by atomic mass is 9.87. The molecule has 0 bridgehead atoms. The van der Waals surface area contributed by atoms with Crippen LogP contribution in [-0.4, -0.2) is 40.6 Å². The molecule has 1 rings (SSSR count). The molecule has 0 aromatic heterocycles. The molecular formula is C16H30N2O3. The molecule has 0 aromatic rings. The zero-order valence-corrected chi connectivity index (χ0v) is 14.0. The lowest BCUT2D eigenvalue weighted by Crippen LogP contribution is -2.48. The number of carbonyl (C=O) groups excluding carboxylic acids is 1. The second-order valence-corrected chi connectivity index (χ2v) is 7.79. The molecule has 21 heavy (non-hydrogen) atoms. The minimum atomic E-state index is -0.869. The lowest BCUT2D eigenvalue weighted by molar-refractivity contribution is -0.137. The summed E-state index contributed by atoms with van der Waals surface area (Å²) >= 11 is 0. The molecule has 5 nitrogen and oxygen atoms in total. The van der Waals surface area contributed by atoms with Crippen molar-refractivity contribution in [2.24, 2.45) is 11.3 Å². The first-order valence-electron chi connectivity index (χ1n) is 7.87. The number of amides is 2. The molecule has 1 atom stereocenters. The number of hydrogen-bond donors (Lipinski definition) is 2. The predicted octanol–water partition coefficient (Wildman–Crippen LogP) is 3.10. The van der Waals surface area contributed by atoms with Gasteiger partial charge in [-0.3, -0.25) is 4.79 Å². The zero-order valence-electron chi connectivity index (χ0n) is 14.0. The largest absolute Gasteiger partial charge is 0.481 e. The van der Waals surface area contributed by atoms with Crippen LogP contribution in [0.3, 0.4) is 0 Å². The first kappa shape index (κ1) is 17.8. The SMILES string of the molecule is CC(C)CN(C(=O)NC(CC(=O)O)CC(C)(C)C)C1CC1. The summed E-state index contributed by atoms with van der Waals surface area (Å²) < 4.78 is 0. The van der Waals surface area contributed by atoms with E-state index in [1.807, 2.05) is 4.90 Å². The minimum Gasteiger partial charge on any atom is -0.481 e. The maximum absolute atomic E-state index is 12.5. The number of nitrogens with zero attached hydrogens (tertiary/aromatic N) is 1. The fraction of sp³-hybridized carbons (Fsp3) is 0.875. The van der Waals surface area contributed by atoms with E-state index in [-0.39, 0.29) is 23.9 Å².